The molecule has 0 aliphatic heterocycles. The van der Waals surface area contributed by atoms with Gasteiger partial charge in [-0.05, 0) is 36.9 Å². The Morgan fingerprint density at radius 1 is 1.08 bits per heavy atom. The van der Waals surface area contributed by atoms with Gasteiger partial charge in [0.15, 0.2) is 0 Å². The van der Waals surface area contributed by atoms with Crippen LogP contribution in [0.4, 0.5) is 5.69 Å². The smallest absolute Gasteiger partial charge is 0.259 e. The first-order valence-electron chi connectivity index (χ1n) is 8.28. The van der Waals surface area contributed by atoms with Crippen LogP contribution in [-0.2, 0) is 11.2 Å². The van der Waals surface area contributed by atoms with E-state index in [1.54, 1.807) is 6.26 Å². The minimum absolute atomic E-state index is 0.170. The maximum absolute atomic E-state index is 12.0. The molecule has 0 bridgehead atoms. The third kappa shape index (κ3) is 4.70. The molecular weight excluding hydrogens is 314 g/mol. The fraction of sp³-hybridized carbons (Fsp3) is 0.200. The van der Waals surface area contributed by atoms with E-state index in [1.807, 2.05) is 61.5 Å². The van der Waals surface area contributed by atoms with Crippen LogP contribution >= 0.6 is 0 Å². The van der Waals surface area contributed by atoms with E-state index in [0.717, 1.165) is 40.8 Å². The van der Waals surface area contributed by atoms with E-state index in [9.17, 15) is 4.79 Å². The van der Waals surface area contributed by atoms with Gasteiger partial charge in [0.2, 0.25) is 0 Å². The van der Waals surface area contributed by atoms with Crippen molar-refractivity contribution in [2.75, 3.05) is 11.9 Å². The minimum atomic E-state index is -0.176. The maximum Gasteiger partial charge on any atom is 0.259 e. The van der Waals surface area contributed by atoms with E-state index in [0.29, 0.717) is 0 Å². The van der Waals surface area contributed by atoms with Gasteiger partial charge < -0.3 is 9.73 Å². The van der Waals surface area contributed by atoms with Gasteiger partial charge in [0.25, 0.3) is 5.91 Å². The topological polar surface area (TPSA) is 66.6 Å². The highest BCUT2D eigenvalue weighted by Gasteiger charge is 2.04. The van der Waals surface area contributed by atoms with Crippen molar-refractivity contribution in [2.45, 2.75) is 19.8 Å². The molecule has 128 valence electrons. The molecule has 3 aromatic rings. The Labute approximate surface area is 146 Å². The lowest BCUT2D eigenvalue weighted by Gasteiger charge is -2.09. The lowest BCUT2D eigenvalue weighted by Crippen LogP contribution is -2.26. The largest absolute Gasteiger partial charge is 0.469 e. The number of carbonyl (C=O) groups is 1. The van der Waals surface area contributed by atoms with E-state index < -0.39 is 0 Å². The molecule has 2 N–H and O–H groups in total. The summed E-state index contributed by atoms with van der Waals surface area (Å²) in [6, 6.07) is 17.8. The number of rotatable bonds is 7. The molecule has 25 heavy (non-hydrogen) atoms. The van der Waals surface area contributed by atoms with Crippen LogP contribution in [0, 0.1) is 0 Å². The summed E-state index contributed by atoms with van der Waals surface area (Å²) >= 11 is 0. The third-order valence-corrected chi connectivity index (χ3v) is 3.91. The molecule has 0 aliphatic carbocycles. The molecule has 0 unspecified atom stereocenters. The van der Waals surface area contributed by atoms with Gasteiger partial charge in [0, 0.05) is 23.2 Å². The Morgan fingerprint density at radius 3 is 2.76 bits per heavy atom. The predicted octanol–water partition coefficient (Wildman–Crippen LogP) is 3.97. The average Bonchev–Trinajstić information content (AvgIpc) is 3.16. The molecule has 0 saturated heterocycles. The number of amides is 1. The second kappa shape index (κ2) is 8.15. The number of hydrogen-bond donors (Lipinski definition) is 2. The number of anilines is 1. The Hall–Kier alpha value is -3.08. The van der Waals surface area contributed by atoms with E-state index in [-0.39, 0.29) is 12.5 Å². The van der Waals surface area contributed by atoms with Crippen LogP contribution in [0.3, 0.4) is 0 Å². The normalized spacial score (nSPS) is 11.5. The third-order valence-electron chi connectivity index (χ3n) is 3.91. The van der Waals surface area contributed by atoms with E-state index in [2.05, 4.69) is 15.8 Å². The van der Waals surface area contributed by atoms with Gasteiger partial charge >= 0.3 is 0 Å². The first-order valence-corrected chi connectivity index (χ1v) is 8.28. The van der Waals surface area contributed by atoms with Gasteiger partial charge in [0.1, 0.15) is 5.76 Å². The zero-order valence-electron chi connectivity index (χ0n) is 14.2. The van der Waals surface area contributed by atoms with Gasteiger partial charge in [-0.2, -0.15) is 5.10 Å². The quantitative estimate of drug-likeness (QED) is 0.507. The van der Waals surface area contributed by atoms with Gasteiger partial charge in [-0.3, -0.25) is 4.79 Å². The molecule has 2 aromatic carbocycles. The average molecular weight is 335 g/mol. The summed E-state index contributed by atoms with van der Waals surface area (Å²) in [4.78, 5) is 12.0. The van der Waals surface area contributed by atoms with Crippen LogP contribution in [0.5, 0.6) is 0 Å². The molecule has 1 amide bonds. The SMILES string of the molecule is C/C(CCc1ccco1)=N/NC(=O)CNc1cccc2ccccc12. The highest BCUT2D eigenvalue weighted by atomic mass is 16.3. The lowest BCUT2D eigenvalue weighted by molar-refractivity contribution is -0.119. The maximum atomic E-state index is 12.0. The fourth-order valence-electron chi connectivity index (χ4n) is 2.57. The van der Waals surface area contributed by atoms with Crippen LogP contribution in [0.15, 0.2) is 70.4 Å². The first kappa shape index (κ1) is 16.8. The predicted molar refractivity (Wildman–Crippen MR) is 101 cm³/mol. The number of carbonyl (C=O) groups excluding carboxylic acids is 1. The summed E-state index contributed by atoms with van der Waals surface area (Å²) in [6.45, 7) is 2.06. The van der Waals surface area contributed by atoms with Crippen molar-refractivity contribution in [3.63, 3.8) is 0 Å². The van der Waals surface area contributed by atoms with E-state index >= 15 is 0 Å². The molecule has 0 spiro atoms. The highest BCUT2D eigenvalue weighted by Crippen LogP contribution is 2.22. The summed E-state index contributed by atoms with van der Waals surface area (Å²) in [6.07, 6.45) is 3.17. The molecule has 5 nitrogen and oxygen atoms in total. The number of fused-ring (bicyclic) bond motifs is 1. The standard InChI is InChI=1S/C20H21N3O2/c1-15(11-12-17-8-5-13-25-17)22-23-20(24)14-21-19-10-4-7-16-6-2-3-9-18(16)19/h2-10,13,21H,11-12,14H2,1H3,(H,23,24)/b22-15-. The summed E-state index contributed by atoms with van der Waals surface area (Å²) in [5.41, 5.74) is 4.38. The summed E-state index contributed by atoms with van der Waals surface area (Å²) in [5, 5.41) is 9.53. The van der Waals surface area contributed by atoms with E-state index in [4.69, 9.17) is 4.42 Å². The molecule has 0 aliphatic rings. The van der Waals surface area contributed by atoms with Gasteiger partial charge in [-0.25, -0.2) is 5.43 Å². The molecular formula is C20H21N3O2. The van der Waals surface area contributed by atoms with Crippen LogP contribution in [-0.4, -0.2) is 18.2 Å². The number of hydrogen-bond acceptors (Lipinski definition) is 4. The summed E-state index contributed by atoms with van der Waals surface area (Å²) in [5.74, 6) is 0.740. The number of nitrogens with zero attached hydrogens (tertiary/aromatic N) is 1. The molecule has 0 atom stereocenters. The molecule has 0 fully saturated rings. The Kier molecular flexibility index (Phi) is 5.46. The molecule has 1 aromatic heterocycles. The van der Waals surface area contributed by atoms with Crippen molar-refractivity contribution in [2.24, 2.45) is 5.10 Å². The van der Waals surface area contributed by atoms with Crippen LogP contribution < -0.4 is 10.7 Å². The monoisotopic (exact) mass is 335 g/mol. The van der Waals surface area contributed by atoms with Gasteiger partial charge in [-0.1, -0.05) is 36.4 Å². The van der Waals surface area contributed by atoms with Gasteiger partial charge in [0.05, 0.1) is 12.8 Å². The zero-order valence-corrected chi connectivity index (χ0v) is 14.2. The van der Waals surface area contributed by atoms with Crippen LogP contribution in [0.2, 0.25) is 0 Å². The Morgan fingerprint density at radius 2 is 1.92 bits per heavy atom. The molecule has 1 heterocycles. The Balaban J connectivity index is 1.49. The van der Waals surface area contributed by atoms with Crippen LogP contribution in [0.25, 0.3) is 10.8 Å². The van der Waals surface area contributed by atoms with Gasteiger partial charge in [-0.15, -0.1) is 0 Å². The summed E-state index contributed by atoms with van der Waals surface area (Å²) in [7, 11) is 0. The summed E-state index contributed by atoms with van der Waals surface area (Å²) < 4.78 is 5.28. The molecule has 0 radical (unpaired) electrons. The van der Waals surface area contributed by atoms with Crippen molar-refractivity contribution in [3.05, 3.63) is 66.6 Å². The molecule has 3 rings (SSSR count). The van der Waals surface area contributed by atoms with Crippen molar-refractivity contribution in [1.29, 1.82) is 0 Å². The highest BCUT2D eigenvalue weighted by molar-refractivity contribution is 5.95. The number of hydrazone groups is 1. The zero-order chi connectivity index (χ0) is 17.5. The lowest BCUT2D eigenvalue weighted by atomic mass is 10.1. The number of furan rings is 1. The first-order chi connectivity index (χ1) is 12.2. The van der Waals surface area contributed by atoms with Crippen molar-refractivity contribution in [3.8, 4) is 0 Å². The number of nitrogens with one attached hydrogen (secondary N) is 2. The van der Waals surface area contributed by atoms with Crippen molar-refractivity contribution in [1.82, 2.24) is 5.43 Å². The second-order valence-corrected chi connectivity index (χ2v) is 5.84. The van der Waals surface area contributed by atoms with Crippen molar-refractivity contribution >= 4 is 28.1 Å². The Bertz CT molecular complexity index is 864. The van der Waals surface area contributed by atoms with E-state index in [1.165, 1.54) is 0 Å². The van der Waals surface area contributed by atoms with Crippen LogP contribution in [0.1, 0.15) is 19.1 Å². The second-order valence-electron chi connectivity index (χ2n) is 5.84. The van der Waals surface area contributed by atoms with Crippen molar-refractivity contribution < 1.29 is 9.21 Å². The minimum Gasteiger partial charge on any atom is -0.469 e. The molecule has 5 heteroatoms. The fourth-order valence-corrected chi connectivity index (χ4v) is 2.57. The number of aryl methyl sites for hydroxylation is 1. The molecule has 0 saturated carbocycles. The number of benzene rings is 2.